The van der Waals surface area contributed by atoms with Gasteiger partial charge in [0.15, 0.2) is 0 Å². The van der Waals surface area contributed by atoms with Gasteiger partial charge in [0.2, 0.25) is 0 Å². The smallest absolute Gasteiger partial charge is 0.150 e. The van der Waals surface area contributed by atoms with Crippen molar-refractivity contribution in [3.8, 4) is 0 Å². The van der Waals surface area contributed by atoms with Gasteiger partial charge in [-0.2, -0.15) is 0 Å². The van der Waals surface area contributed by atoms with E-state index in [0.717, 1.165) is 13.0 Å². The normalized spacial score (nSPS) is 25.1. The molecule has 0 saturated carbocycles. The maximum Gasteiger partial charge on any atom is 0.150 e. The van der Waals surface area contributed by atoms with Crippen molar-refractivity contribution in [2.75, 3.05) is 23.7 Å². The topological polar surface area (TPSA) is 62.4 Å². The van der Waals surface area contributed by atoms with Crippen LogP contribution < -0.4 is 10.6 Å². The number of hydrogen-bond acceptors (Lipinski definition) is 4. The molecule has 3 N–H and O–H groups in total. The number of aliphatic hydroxyl groups is 1. The number of β-amino-alcohol motifs (C(OH)–C–C–N with tert-alkyl or cyclic N) is 1. The zero-order valence-corrected chi connectivity index (χ0v) is 11.0. The van der Waals surface area contributed by atoms with Crippen molar-refractivity contribution < 1.29 is 5.11 Å². The molecule has 4 nitrogen and oxygen atoms in total. The Morgan fingerprint density at radius 2 is 2.18 bits per heavy atom. The average molecular weight is 276 g/mol. The molecule has 6 heteroatoms. The maximum absolute atomic E-state index is 9.85. The number of hydrogen-bond donors (Lipinski definition) is 2. The monoisotopic (exact) mass is 275 g/mol. The minimum atomic E-state index is -0.362. The van der Waals surface area contributed by atoms with Crippen LogP contribution in [0.2, 0.25) is 10.0 Å². The van der Waals surface area contributed by atoms with Crippen LogP contribution in [0.15, 0.2) is 6.07 Å². The lowest BCUT2D eigenvalue weighted by atomic mass is 9.96. The molecule has 2 atom stereocenters. The lowest BCUT2D eigenvalue weighted by Crippen LogP contribution is -2.43. The van der Waals surface area contributed by atoms with Crippen LogP contribution in [-0.2, 0) is 0 Å². The third-order valence-corrected chi connectivity index (χ3v) is 3.74. The van der Waals surface area contributed by atoms with Gasteiger partial charge >= 0.3 is 0 Å². The van der Waals surface area contributed by atoms with Gasteiger partial charge in [0.05, 0.1) is 16.1 Å². The van der Waals surface area contributed by atoms with E-state index in [1.165, 1.54) is 0 Å². The second-order valence-corrected chi connectivity index (χ2v) is 5.25. The van der Waals surface area contributed by atoms with Gasteiger partial charge in [-0.05, 0) is 18.4 Å². The van der Waals surface area contributed by atoms with Crippen molar-refractivity contribution in [3.63, 3.8) is 0 Å². The number of aromatic nitrogens is 1. The number of nitrogens with two attached hydrogens (primary N) is 1. The fraction of sp³-hybridized carbons (Fsp3) is 0.545. The summed E-state index contributed by atoms with van der Waals surface area (Å²) in [6, 6.07) is 1.59. The first-order valence-corrected chi connectivity index (χ1v) is 6.29. The van der Waals surface area contributed by atoms with E-state index in [4.69, 9.17) is 28.9 Å². The molecule has 17 heavy (non-hydrogen) atoms. The fourth-order valence-electron chi connectivity index (χ4n) is 1.93. The zero-order chi connectivity index (χ0) is 12.6. The van der Waals surface area contributed by atoms with Crippen LogP contribution in [-0.4, -0.2) is 29.3 Å². The Kier molecular flexibility index (Phi) is 3.66. The Balaban J connectivity index is 2.26. The molecule has 2 rings (SSSR count). The highest BCUT2D eigenvalue weighted by atomic mass is 35.5. The molecule has 0 aromatic carbocycles. The van der Waals surface area contributed by atoms with Gasteiger partial charge < -0.3 is 15.7 Å². The molecule has 1 aromatic rings. The standard InChI is InChI=1S/C11H15Cl2N3O/c1-6-2-3-16(5-9(6)17)11-8(13)4-7(12)10(14)15-11/h4,6,9,17H,2-3,5H2,1H3,(H2,14,15). The highest BCUT2D eigenvalue weighted by Crippen LogP contribution is 2.32. The average Bonchev–Trinajstić information content (AvgIpc) is 2.27. The van der Waals surface area contributed by atoms with E-state index in [1.54, 1.807) is 6.07 Å². The molecule has 1 aliphatic heterocycles. The van der Waals surface area contributed by atoms with E-state index < -0.39 is 0 Å². The molecule has 1 saturated heterocycles. The molecule has 0 spiro atoms. The lowest BCUT2D eigenvalue weighted by Gasteiger charge is -2.35. The van der Waals surface area contributed by atoms with E-state index >= 15 is 0 Å². The highest BCUT2D eigenvalue weighted by molar-refractivity contribution is 6.37. The first kappa shape index (κ1) is 12.7. The third kappa shape index (κ3) is 2.59. The van der Waals surface area contributed by atoms with Crippen LogP contribution in [0.1, 0.15) is 13.3 Å². The quantitative estimate of drug-likeness (QED) is 0.825. The number of piperidine rings is 1. The minimum Gasteiger partial charge on any atom is -0.391 e. The van der Waals surface area contributed by atoms with E-state index in [9.17, 15) is 5.11 Å². The van der Waals surface area contributed by atoms with Gasteiger partial charge in [-0.15, -0.1) is 0 Å². The van der Waals surface area contributed by atoms with E-state index in [-0.39, 0.29) is 11.9 Å². The number of aliphatic hydroxyl groups excluding tert-OH is 1. The predicted octanol–water partition coefficient (Wildman–Crippen LogP) is 2.18. The van der Waals surface area contributed by atoms with Gasteiger partial charge in [0, 0.05) is 13.1 Å². The van der Waals surface area contributed by atoms with Crippen LogP contribution in [0.25, 0.3) is 0 Å². The summed E-state index contributed by atoms with van der Waals surface area (Å²) in [7, 11) is 0. The lowest BCUT2D eigenvalue weighted by molar-refractivity contribution is 0.102. The molecule has 0 amide bonds. The minimum absolute atomic E-state index is 0.263. The summed E-state index contributed by atoms with van der Waals surface area (Å²) in [5.74, 6) is 1.16. The molecule has 0 aliphatic carbocycles. The molecule has 2 heterocycles. The van der Waals surface area contributed by atoms with Crippen molar-refractivity contribution in [1.82, 2.24) is 4.98 Å². The van der Waals surface area contributed by atoms with Crippen molar-refractivity contribution in [1.29, 1.82) is 0 Å². The van der Waals surface area contributed by atoms with Crippen LogP contribution in [0.4, 0.5) is 11.6 Å². The number of pyridine rings is 1. The van der Waals surface area contributed by atoms with Crippen LogP contribution in [0, 0.1) is 5.92 Å². The van der Waals surface area contributed by atoms with E-state index in [2.05, 4.69) is 4.98 Å². The van der Waals surface area contributed by atoms with Crippen LogP contribution in [0.3, 0.4) is 0 Å². The first-order valence-electron chi connectivity index (χ1n) is 5.53. The number of nitrogens with zero attached hydrogens (tertiary/aromatic N) is 2. The number of nitrogen functional groups attached to an aromatic ring is 1. The second kappa shape index (κ2) is 4.88. The molecule has 0 bridgehead atoms. The van der Waals surface area contributed by atoms with Crippen molar-refractivity contribution in [3.05, 3.63) is 16.1 Å². The SMILES string of the molecule is CC1CCN(c2nc(N)c(Cl)cc2Cl)CC1O. The first-order chi connectivity index (χ1) is 7.99. The Hall–Kier alpha value is -0.710. The molecule has 0 radical (unpaired) electrons. The Morgan fingerprint density at radius 1 is 1.47 bits per heavy atom. The van der Waals surface area contributed by atoms with Gasteiger partial charge in [-0.25, -0.2) is 4.98 Å². The second-order valence-electron chi connectivity index (χ2n) is 4.44. The summed E-state index contributed by atoms with van der Waals surface area (Å²) in [5, 5.41) is 10.7. The Labute approximate surface area is 110 Å². The zero-order valence-electron chi connectivity index (χ0n) is 9.53. The highest BCUT2D eigenvalue weighted by Gasteiger charge is 2.26. The predicted molar refractivity (Wildman–Crippen MR) is 70.7 cm³/mol. The molecule has 1 aliphatic rings. The molecule has 1 aromatic heterocycles. The van der Waals surface area contributed by atoms with Crippen LogP contribution >= 0.6 is 23.2 Å². The summed E-state index contributed by atoms with van der Waals surface area (Å²) < 4.78 is 0. The summed E-state index contributed by atoms with van der Waals surface area (Å²) in [6.45, 7) is 3.37. The Morgan fingerprint density at radius 3 is 2.82 bits per heavy atom. The molecule has 2 unspecified atom stereocenters. The summed E-state index contributed by atoms with van der Waals surface area (Å²) in [4.78, 5) is 6.13. The van der Waals surface area contributed by atoms with Gasteiger partial charge in [-0.1, -0.05) is 30.1 Å². The van der Waals surface area contributed by atoms with E-state index in [0.29, 0.717) is 28.3 Å². The van der Waals surface area contributed by atoms with Crippen LogP contribution in [0.5, 0.6) is 0 Å². The maximum atomic E-state index is 9.85. The summed E-state index contributed by atoms with van der Waals surface area (Å²) >= 11 is 11.9. The molecule has 94 valence electrons. The number of halogens is 2. The largest absolute Gasteiger partial charge is 0.391 e. The number of rotatable bonds is 1. The van der Waals surface area contributed by atoms with Crippen molar-refractivity contribution in [2.45, 2.75) is 19.4 Å². The summed E-state index contributed by atoms with van der Waals surface area (Å²) in [5.41, 5.74) is 5.67. The van der Waals surface area contributed by atoms with E-state index in [1.807, 2.05) is 11.8 Å². The fourth-order valence-corrected chi connectivity index (χ4v) is 2.41. The van der Waals surface area contributed by atoms with Gasteiger partial charge in [0.1, 0.15) is 11.6 Å². The van der Waals surface area contributed by atoms with Crippen molar-refractivity contribution in [2.24, 2.45) is 5.92 Å². The molecular weight excluding hydrogens is 261 g/mol. The van der Waals surface area contributed by atoms with Crippen molar-refractivity contribution >= 4 is 34.8 Å². The molecule has 1 fully saturated rings. The summed E-state index contributed by atoms with van der Waals surface area (Å²) in [6.07, 6.45) is 0.542. The Bertz CT molecular complexity index is 427. The van der Waals surface area contributed by atoms with Gasteiger partial charge in [0.25, 0.3) is 0 Å². The third-order valence-electron chi connectivity index (χ3n) is 3.16. The molecular formula is C11H15Cl2N3O. The van der Waals surface area contributed by atoms with Gasteiger partial charge in [-0.3, -0.25) is 0 Å². The number of anilines is 2.